The second-order valence-electron chi connectivity index (χ2n) is 4.39. The van der Waals surface area contributed by atoms with E-state index in [1.807, 2.05) is 0 Å². The highest BCUT2D eigenvalue weighted by Crippen LogP contribution is 2.22. The standard InChI is InChI=1S/C15H12F2N2O/c1-9-2-3-11(6-15(9)20)19-8-12-13(16)4-10(7-18)5-14(12)17/h2-6,19-20H,8H2,1H3. The molecule has 0 atom stereocenters. The number of rotatable bonds is 3. The highest BCUT2D eigenvalue weighted by Gasteiger charge is 2.11. The van der Waals surface area contributed by atoms with E-state index in [1.165, 1.54) is 6.07 Å². The van der Waals surface area contributed by atoms with Crippen LogP contribution in [0.2, 0.25) is 0 Å². The minimum absolute atomic E-state index is 0.0586. The maximum Gasteiger partial charge on any atom is 0.132 e. The molecule has 0 saturated carbocycles. The highest BCUT2D eigenvalue weighted by atomic mass is 19.1. The topological polar surface area (TPSA) is 56.0 Å². The van der Waals surface area contributed by atoms with Crippen molar-refractivity contribution in [3.63, 3.8) is 0 Å². The first kappa shape index (κ1) is 13.8. The summed E-state index contributed by atoms with van der Waals surface area (Å²) in [5.74, 6) is -1.44. The number of benzene rings is 2. The Balaban J connectivity index is 2.19. The first-order chi connectivity index (χ1) is 9.51. The van der Waals surface area contributed by atoms with Gasteiger partial charge in [0.25, 0.3) is 0 Å². The van der Waals surface area contributed by atoms with Crippen molar-refractivity contribution in [2.45, 2.75) is 13.5 Å². The van der Waals surface area contributed by atoms with Gasteiger partial charge in [0.15, 0.2) is 0 Å². The predicted octanol–water partition coefficient (Wildman–Crippen LogP) is 3.46. The van der Waals surface area contributed by atoms with Crippen molar-refractivity contribution in [1.29, 1.82) is 5.26 Å². The van der Waals surface area contributed by atoms with E-state index in [0.29, 0.717) is 11.3 Å². The summed E-state index contributed by atoms with van der Waals surface area (Å²) >= 11 is 0. The van der Waals surface area contributed by atoms with Gasteiger partial charge in [0, 0.05) is 23.9 Å². The molecule has 0 aliphatic carbocycles. The minimum atomic E-state index is -0.773. The Kier molecular flexibility index (Phi) is 3.85. The van der Waals surface area contributed by atoms with Crippen LogP contribution < -0.4 is 5.32 Å². The Morgan fingerprint density at radius 2 is 1.85 bits per heavy atom. The van der Waals surface area contributed by atoms with Crippen molar-refractivity contribution >= 4 is 5.69 Å². The molecule has 102 valence electrons. The fourth-order valence-corrected chi connectivity index (χ4v) is 1.75. The molecule has 2 rings (SSSR count). The van der Waals surface area contributed by atoms with E-state index in [2.05, 4.69) is 5.32 Å². The summed E-state index contributed by atoms with van der Waals surface area (Å²) in [6.07, 6.45) is 0. The van der Waals surface area contributed by atoms with Crippen LogP contribution in [0.4, 0.5) is 14.5 Å². The lowest BCUT2D eigenvalue weighted by molar-refractivity contribution is 0.471. The molecular formula is C15H12F2N2O. The number of hydrogen-bond donors (Lipinski definition) is 2. The highest BCUT2D eigenvalue weighted by molar-refractivity contribution is 5.51. The monoisotopic (exact) mass is 274 g/mol. The summed E-state index contributed by atoms with van der Waals surface area (Å²) in [5.41, 5.74) is 1.06. The molecule has 0 amide bonds. The van der Waals surface area contributed by atoms with Gasteiger partial charge in [0.2, 0.25) is 0 Å². The van der Waals surface area contributed by atoms with Gasteiger partial charge >= 0.3 is 0 Å². The molecule has 0 aliphatic rings. The number of phenols is 1. The maximum atomic E-state index is 13.7. The average Bonchev–Trinajstić information content (AvgIpc) is 2.41. The summed E-state index contributed by atoms with van der Waals surface area (Å²) in [5, 5.41) is 21.0. The minimum Gasteiger partial charge on any atom is -0.508 e. The number of nitrogens with zero attached hydrogens (tertiary/aromatic N) is 1. The Morgan fingerprint density at radius 1 is 1.20 bits per heavy atom. The number of aromatic hydroxyl groups is 1. The number of hydrogen-bond acceptors (Lipinski definition) is 3. The van der Waals surface area contributed by atoms with Gasteiger partial charge in [-0.1, -0.05) is 6.07 Å². The average molecular weight is 274 g/mol. The first-order valence-corrected chi connectivity index (χ1v) is 5.93. The summed E-state index contributed by atoms with van der Waals surface area (Å²) in [6.45, 7) is 1.67. The van der Waals surface area contributed by atoms with Gasteiger partial charge in [-0.15, -0.1) is 0 Å². The smallest absolute Gasteiger partial charge is 0.132 e. The van der Waals surface area contributed by atoms with E-state index >= 15 is 0 Å². The summed E-state index contributed by atoms with van der Waals surface area (Å²) < 4.78 is 27.3. The Morgan fingerprint density at radius 3 is 2.40 bits per heavy atom. The third-order valence-corrected chi connectivity index (χ3v) is 2.95. The molecule has 0 heterocycles. The third kappa shape index (κ3) is 2.86. The molecule has 5 heteroatoms. The number of nitriles is 1. The van der Waals surface area contributed by atoms with E-state index < -0.39 is 11.6 Å². The van der Waals surface area contributed by atoms with Crippen LogP contribution in [0.3, 0.4) is 0 Å². The van der Waals surface area contributed by atoms with Crippen LogP contribution in [0, 0.1) is 29.9 Å². The summed E-state index contributed by atoms with van der Waals surface area (Å²) in [7, 11) is 0. The second kappa shape index (κ2) is 5.57. The third-order valence-electron chi connectivity index (χ3n) is 2.95. The Hall–Kier alpha value is -2.61. The van der Waals surface area contributed by atoms with Gasteiger partial charge in [-0.25, -0.2) is 8.78 Å². The molecule has 2 N–H and O–H groups in total. The van der Waals surface area contributed by atoms with Crippen LogP contribution in [0.25, 0.3) is 0 Å². The number of nitrogens with one attached hydrogen (secondary N) is 1. The van der Waals surface area contributed by atoms with E-state index in [9.17, 15) is 13.9 Å². The Bertz CT molecular complexity index is 670. The van der Waals surface area contributed by atoms with E-state index in [1.54, 1.807) is 25.1 Å². The summed E-state index contributed by atoms with van der Waals surface area (Å²) in [6, 6.07) is 8.56. The largest absolute Gasteiger partial charge is 0.508 e. The van der Waals surface area contributed by atoms with Crippen LogP contribution in [0.15, 0.2) is 30.3 Å². The van der Waals surface area contributed by atoms with E-state index in [0.717, 1.165) is 12.1 Å². The molecule has 0 saturated heterocycles. The lowest BCUT2D eigenvalue weighted by atomic mass is 10.1. The van der Waals surface area contributed by atoms with Crippen LogP contribution in [-0.2, 0) is 6.54 Å². The van der Waals surface area contributed by atoms with Crippen LogP contribution in [0.5, 0.6) is 5.75 Å². The molecular weight excluding hydrogens is 262 g/mol. The predicted molar refractivity (Wildman–Crippen MR) is 71.2 cm³/mol. The molecule has 0 spiro atoms. The molecule has 0 aliphatic heterocycles. The SMILES string of the molecule is Cc1ccc(NCc2c(F)cc(C#N)cc2F)cc1O. The molecule has 0 bridgehead atoms. The quantitative estimate of drug-likeness (QED) is 0.901. The molecule has 0 aromatic heterocycles. The summed E-state index contributed by atoms with van der Waals surface area (Å²) in [4.78, 5) is 0. The van der Waals surface area contributed by atoms with Crippen molar-refractivity contribution in [3.8, 4) is 11.8 Å². The fourth-order valence-electron chi connectivity index (χ4n) is 1.75. The zero-order valence-corrected chi connectivity index (χ0v) is 10.7. The molecule has 2 aromatic carbocycles. The van der Waals surface area contributed by atoms with Crippen LogP contribution >= 0.6 is 0 Å². The zero-order chi connectivity index (χ0) is 14.7. The zero-order valence-electron chi connectivity index (χ0n) is 10.7. The van der Waals surface area contributed by atoms with Gasteiger partial charge in [-0.05, 0) is 30.7 Å². The fraction of sp³-hybridized carbons (Fsp3) is 0.133. The number of phenolic OH excluding ortho intramolecular Hbond substituents is 1. The normalized spacial score (nSPS) is 10.1. The number of aryl methyl sites for hydroxylation is 1. The van der Waals surface area contributed by atoms with Crippen LogP contribution in [-0.4, -0.2) is 5.11 Å². The van der Waals surface area contributed by atoms with E-state index in [-0.39, 0.29) is 23.4 Å². The first-order valence-electron chi connectivity index (χ1n) is 5.93. The lowest BCUT2D eigenvalue weighted by Crippen LogP contribution is -2.05. The van der Waals surface area contributed by atoms with Crippen molar-refractivity contribution in [1.82, 2.24) is 0 Å². The van der Waals surface area contributed by atoms with Crippen LogP contribution in [0.1, 0.15) is 16.7 Å². The van der Waals surface area contributed by atoms with E-state index in [4.69, 9.17) is 5.26 Å². The number of anilines is 1. The number of halogens is 2. The van der Waals surface area contributed by atoms with Gasteiger partial charge < -0.3 is 10.4 Å². The second-order valence-corrected chi connectivity index (χ2v) is 4.39. The van der Waals surface area contributed by atoms with Crippen molar-refractivity contribution in [2.75, 3.05) is 5.32 Å². The van der Waals surface area contributed by atoms with Gasteiger partial charge in [-0.3, -0.25) is 0 Å². The van der Waals surface area contributed by atoms with Gasteiger partial charge in [0.05, 0.1) is 11.6 Å². The van der Waals surface area contributed by atoms with Gasteiger partial charge in [-0.2, -0.15) is 5.26 Å². The molecule has 0 radical (unpaired) electrons. The Labute approximate surface area is 115 Å². The lowest BCUT2D eigenvalue weighted by Gasteiger charge is -2.10. The van der Waals surface area contributed by atoms with Crippen molar-refractivity contribution in [2.24, 2.45) is 0 Å². The molecule has 20 heavy (non-hydrogen) atoms. The van der Waals surface area contributed by atoms with Crippen molar-refractivity contribution in [3.05, 3.63) is 58.7 Å². The van der Waals surface area contributed by atoms with Gasteiger partial charge in [0.1, 0.15) is 17.4 Å². The maximum absolute atomic E-state index is 13.7. The van der Waals surface area contributed by atoms with Crippen molar-refractivity contribution < 1.29 is 13.9 Å². The molecule has 0 fully saturated rings. The molecule has 0 unspecified atom stereocenters. The molecule has 3 nitrogen and oxygen atoms in total. The molecule has 2 aromatic rings.